The SMILES string of the molecule is CNc1ccc(C#N)cc1-c1ccccc1. The van der Waals surface area contributed by atoms with Crippen molar-refractivity contribution in [3.05, 3.63) is 54.1 Å². The fraction of sp³-hybridized carbons (Fsp3) is 0.0714. The van der Waals surface area contributed by atoms with Crippen LogP contribution in [0.2, 0.25) is 0 Å². The Hall–Kier alpha value is -2.27. The van der Waals surface area contributed by atoms with Crippen molar-refractivity contribution in [2.75, 3.05) is 12.4 Å². The summed E-state index contributed by atoms with van der Waals surface area (Å²) >= 11 is 0. The Balaban J connectivity index is 2.59. The number of hydrogen-bond acceptors (Lipinski definition) is 2. The zero-order valence-corrected chi connectivity index (χ0v) is 9.07. The van der Waals surface area contributed by atoms with Crippen molar-refractivity contribution < 1.29 is 0 Å². The summed E-state index contributed by atoms with van der Waals surface area (Å²) in [6.45, 7) is 0. The molecule has 78 valence electrons. The average Bonchev–Trinajstić information content (AvgIpc) is 2.39. The summed E-state index contributed by atoms with van der Waals surface area (Å²) in [6.07, 6.45) is 0. The molecule has 0 aliphatic heterocycles. The van der Waals surface area contributed by atoms with E-state index in [1.165, 1.54) is 0 Å². The van der Waals surface area contributed by atoms with Crippen LogP contribution >= 0.6 is 0 Å². The van der Waals surface area contributed by atoms with E-state index < -0.39 is 0 Å². The number of anilines is 1. The topological polar surface area (TPSA) is 35.8 Å². The zero-order chi connectivity index (χ0) is 11.4. The molecule has 0 aliphatic rings. The lowest BCUT2D eigenvalue weighted by Gasteiger charge is -2.09. The van der Waals surface area contributed by atoms with E-state index in [0.717, 1.165) is 16.8 Å². The van der Waals surface area contributed by atoms with Gasteiger partial charge in [0, 0.05) is 18.3 Å². The number of nitrogens with zero attached hydrogens (tertiary/aromatic N) is 1. The molecule has 2 rings (SSSR count). The van der Waals surface area contributed by atoms with E-state index in [1.54, 1.807) is 0 Å². The molecular weight excluding hydrogens is 196 g/mol. The fourth-order valence-electron chi connectivity index (χ4n) is 1.69. The van der Waals surface area contributed by atoms with Gasteiger partial charge in [-0.05, 0) is 23.8 Å². The third-order valence-electron chi connectivity index (χ3n) is 2.50. The van der Waals surface area contributed by atoms with Gasteiger partial charge in [-0.1, -0.05) is 30.3 Å². The van der Waals surface area contributed by atoms with Crippen molar-refractivity contribution >= 4 is 5.69 Å². The smallest absolute Gasteiger partial charge is 0.0991 e. The molecule has 0 aromatic heterocycles. The van der Waals surface area contributed by atoms with Crippen molar-refractivity contribution in [3.8, 4) is 17.2 Å². The Bertz CT molecular complexity index is 524. The van der Waals surface area contributed by atoms with E-state index in [9.17, 15) is 0 Å². The second kappa shape index (κ2) is 4.50. The van der Waals surface area contributed by atoms with Gasteiger partial charge in [0.05, 0.1) is 11.6 Å². The van der Waals surface area contributed by atoms with E-state index in [4.69, 9.17) is 5.26 Å². The molecule has 16 heavy (non-hydrogen) atoms. The molecule has 2 heteroatoms. The highest BCUT2D eigenvalue weighted by molar-refractivity contribution is 5.78. The summed E-state index contributed by atoms with van der Waals surface area (Å²) < 4.78 is 0. The molecule has 0 radical (unpaired) electrons. The number of nitrogens with one attached hydrogen (secondary N) is 1. The number of hydrogen-bond donors (Lipinski definition) is 1. The lowest BCUT2D eigenvalue weighted by molar-refractivity contribution is 1.45. The first-order valence-electron chi connectivity index (χ1n) is 5.12. The molecule has 0 saturated heterocycles. The van der Waals surface area contributed by atoms with E-state index >= 15 is 0 Å². The lowest BCUT2D eigenvalue weighted by atomic mass is 10.0. The molecular formula is C14H12N2. The first kappa shape index (κ1) is 10.3. The van der Waals surface area contributed by atoms with Gasteiger partial charge in [-0.2, -0.15) is 5.26 Å². The van der Waals surface area contributed by atoms with Gasteiger partial charge < -0.3 is 5.32 Å². The van der Waals surface area contributed by atoms with Crippen molar-refractivity contribution in [2.24, 2.45) is 0 Å². The van der Waals surface area contributed by atoms with Gasteiger partial charge in [-0.3, -0.25) is 0 Å². The van der Waals surface area contributed by atoms with Crippen LogP contribution in [0.4, 0.5) is 5.69 Å². The third-order valence-corrected chi connectivity index (χ3v) is 2.50. The van der Waals surface area contributed by atoms with Crippen LogP contribution in [0, 0.1) is 11.3 Å². The molecule has 2 nitrogen and oxygen atoms in total. The summed E-state index contributed by atoms with van der Waals surface area (Å²) in [6, 6.07) is 17.9. The summed E-state index contributed by atoms with van der Waals surface area (Å²) in [5, 5.41) is 12.0. The fourth-order valence-corrected chi connectivity index (χ4v) is 1.69. The largest absolute Gasteiger partial charge is 0.388 e. The molecule has 0 bridgehead atoms. The number of rotatable bonds is 2. The molecule has 1 N–H and O–H groups in total. The standard InChI is InChI=1S/C14H12N2/c1-16-14-8-7-11(10-15)9-13(14)12-5-3-2-4-6-12/h2-9,16H,1H3. The predicted octanol–water partition coefficient (Wildman–Crippen LogP) is 3.27. The highest BCUT2D eigenvalue weighted by atomic mass is 14.8. The van der Waals surface area contributed by atoms with Gasteiger partial charge in [0.15, 0.2) is 0 Å². The predicted molar refractivity (Wildman–Crippen MR) is 66.1 cm³/mol. The van der Waals surface area contributed by atoms with Crippen LogP contribution in [0.3, 0.4) is 0 Å². The van der Waals surface area contributed by atoms with E-state index in [-0.39, 0.29) is 0 Å². The Morgan fingerprint density at radius 1 is 1.06 bits per heavy atom. The Morgan fingerprint density at radius 2 is 1.81 bits per heavy atom. The first-order valence-corrected chi connectivity index (χ1v) is 5.12. The maximum Gasteiger partial charge on any atom is 0.0991 e. The second-order valence-electron chi connectivity index (χ2n) is 3.49. The number of nitriles is 1. The quantitative estimate of drug-likeness (QED) is 0.822. The first-order chi connectivity index (χ1) is 7.85. The van der Waals surface area contributed by atoms with Crippen LogP contribution in [0.5, 0.6) is 0 Å². The molecule has 0 aliphatic carbocycles. The van der Waals surface area contributed by atoms with Gasteiger partial charge in [0.25, 0.3) is 0 Å². The van der Waals surface area contributed by atoms with Crippen molar-refractivity contribution in [2.45, 2.75) is 0 Å². The molecule has 0 spiro atoms. The van der Waals surface area contributed by atoms with Crippen LogP contribution < -0.4 is 5.32 Å². The van der Waals surface area contributed by atoms with Gasteiger partial charge in [-0.25, -0.2) is 0 Å². The van der Waals surface area contributed by atoms with Crippen LogP contribution in [0.25, 0.3) is 11.1 Å². The summed E-state index contributed by atoms with van der Waals surface area (Å²) in [4.78, 5) is 0. The van der Waals surface area contributed by atoms with Gasteiger partial charge >= 0.3 is 0 Å². The molecule has 2 aromatic carbocycles. The molecule has 0 fully saturated rings. The highest BCUT2D eigenvalue weighted by Gasteiger charge is 2.04. The number of benzene rings is 2. The van der Waals surface area contributed by atoms with Crippen LogP contribution in [0.15, 0.2) is 48.5 Å². The van der Waals surface area contributed by atoms with Crippen LogP contribution in [0.1, 0.15) is 5.56 Å². The van der Waals surface area contributed by atoms with E-state index in [2.05, 4.69) is 11.4 Å². The highest BCUT2D eigenvalue weighted by Crippen LogP contribution is 2.28. The van der Waals surface area contributed by atoms with Crippen molar-refractivity contribution in [3.63, 3.8) is 0 Å². The molecule has 0 heterocycles. The third kappa shape index (κ3) is 1.89. The van der Waals surface area contributed by atoms with E-state index in [0.29, 0.717) is 5.56 Å². The average molecular weight is 208 g/mol. The van der Waals surface area contributed by atoms with Crippen molar-refractivity contribution in [1.29, 1.82) is 5.26 Å². The molecule has 2 aromatic rings. The van der Waals surface area contributed by atoms with Gasteiger partial charge in [0.2, 0.25) is 0 Å². The Labute approximate surface area is 95.2 Å². The van der Waals surface area contributed by atoms with Crippen LogP contribution in [-0.4, -0.2) is 7.05 Å². The maximum absolute atomic E-state index is 8.90. The maximum atomic E-state index is 8.90. The Morgan fingerprint density at radius 3 is 2.44 bits per heavy atom. The monoisotopic (exact) mass is 208 g/mol. The summed E-state index contributed by atoms with van der Waals surface area (Å²) in [7, 11) is 1.88. The minimum Gasteiger partial charge on any atom is -0.388 e. The van der Waals surface area contributed by atoms with Gasteiger partial charge in [0.1, 0.15) is 0 Å². The zero-order valence-electron chi connectivity index (χ0n) is 9.07. The minimum atomic E-state index is 0.679. The second-order valence-corrected chi connectivity index (χ2v) is 3.49. The summed E-state index contributed by atoms with van der Waals surface area (Å²) in [5.41, 5.74) is 3.88. The van der Waals surface area contributed by atoms with Crippen molar-refractivity contribution in [1.82, 2.24) is 0 Å². The lowest BCUT2D eigenvalue weighted by Crippen LogP contribution is -1.92. The summed E-state index contributed by atoms with van der Waals surface area (Å²) in [5.74, 6) is 0. The Kier molecular flexibility index (Phi) is 2.88. The molecule has 0 atom stereocenters. The van der Waals surface area contributed by atoms with E-state index in [1.807, 2.05) is 55.6 Å². The van der Waals surface area contributed by atoms with Crippen LogP contribution in [-0.2, 0) is 0 Å². The minimum absolute atomic E-state index is 0.679. The normalized spacial score (nSPS) is 9.50. The molecule has 0 amide bonds. The molecule has 0 saturated carbocycles. The van der Waals surface area contributed by atoms with Gasteiger partial charge in [-0.15, -0.1) is 0 Å². The molecule has 0 unspecified atom stereocenters.